The van der Waals surface area contributed by atoms with Gasteiger partial charge in [0.15, 0.2) is 0 Å². The number of fused-ring (bicyclic) bond motifs is 1. The number of nitrogens with zero attached hydrogens (tertiary/aromatic N) is 1. The Morgan fingerprint density at radius 1 is 1.22 bits per heavy atom. The monoisotopic (exact) mass is 336 g/mol. The normalized spacial score (nSPS) is 11.8. The van der Waals surface area contributed by atoms with E-state index in [0.717, 1.165) is 34.3 Å². The van der Waals surface area contributed by atoms with Gasteiger partial charge >= 0.3 is 0 Å². The lowest BCUT2D eigenvalue weighted by molar-refractivity contribution is 0.159. The molecule has 0 aliphatic heterocycles. The minimum Gasteiger partial charge on any atom is -0.382 e. The number of para-hydroxylation sites is 1. The zero-order valence-corrected chi connectivity index (χ0v) is 14.7. The first kappa shape index (κ1) is 17.7. The van der Waals surface area contributed by atoms with Crippen LogP contribution in [0.1, 0.15) is 18.2 Å². The van der Waals surface area contributed by atoms with E-state index in [0.29, 0.717) is 13.2 Å². The van der Waals surface area contributed by atoms with Gasteiger partial charge in [-0.15, -0.1) is 0 Å². The molecule has 0 radical (unpaired) electrons. The van der Waals surface area contributed by atoms with Crippen LogP contribution in [0.4, 0.5) is 5.69 Å². The van der Waals surface area contributed by atoms with E-state index in [4.69, 9.17) is 9.72 Å². The lowest BCUT2D eigenvalue weighted by Gasteiger charge is -2.15. The third-order valence-electron chi connectivity index (χ3n) is 3.72. The highest BCUT2D eigenvalue weighted by atomic mass is 32.2. The number of ether oxygens (including phenoxy) is 1. The molecule has 0 saturated carbocycles. The Morgan fingerprint density at radius 3 is 2.65 bits per heavy atom. The number of aromatic nitrogens is 1. The summed E-state index contributed by atoms with van der Waals surface area (Å²) in [6.07, 6.45) is 2.10. The second kappa shape index (κ2) is 7.75. The molecule has 0 fully saturated rings. The van der Waals surface area contributed by atoms with Crippen molar-refractivity contribution in [2.75, 3.05) is 37.1 Å². The molecule has 0 spiro atoms. The predicted octanol–water partition coefficient (Wildman–Crippen LogP) is 2.58. The molecular formula is C17H24N2O3S. The Labute approximate surface area is 138 Å². The van der Waals surface area contributed by atoms with Crippen molar-refractivity contribution in [2.45, 2.75) is 20.3 Å². The molecule has 1 N–H and O–H groups in total. The number of hydrogen-bond acceptors (Lipinski definition) is 5. The molecule has 23 heavy (non-hydrogen) atoms. The molecule has 0 unspecified atom stereocenters. The number of rotatable bonds is 8. The third kappa shape index (κ3) is 4.91. The highest BCUT2D eigenvalue weighted by molar-refractivity contribution is 7.90. The maximum atomic E-state index is 11.0. The molecule has 126 valence electrons. The molecular weight excluding hydrogens is 312 g/mol. The smallest absolute Gasteiger partial charge is 0.149 e. The van der Waals surface area contributed by atoms with Crippen LogP contribution in [0.25, 0.3) is 10.9 Å². The van der Waals surface area contributed by atoms with Gasteiger partial charge in [0.05, 0.1) is 24.5 Å². The number of anilines is 1. The molecule has 0 aliphatic rings. The van der Waals surface area contributed by atoms with Crippen molar-refractivity contribution in [1.82, 2.24) is 4.98 Å². The van der Waals surface area contributed by atoms with E-state index in [2.05, 4.69) is 25.2 Å². The fourth-order valence-electron chi connectivity index (χ4n) is 2.49. The summed E-state index contributed by atoms with van der Waals surface area (Å²) in [4.78, 5) is 4.70. The van der Waals surface area contributed by atoms with E-state index in [1.807, 2.05) is 18.2 Å². The lowest BCUT2D eigenvalue weighted by Crippen LogP contribution is -2.15. The molecule has 1 heterocycles. The maximum absolute atomic E-state index is 11.0. The van der Waals surface area contributed by atoms with Crippen LogP contribution in [0.2, 0.25) is 0 Å². The van der Waals surface area contributed by atoms with Crippen molar-refractivity contribution >= 4 is 26.4 Å². The van der Waals surface area contributed by atoms with Crippen molar-refractivity contribution in [3.63, 3.8) is 0 Å². The summed E-state index contributed by atoms with van der Waals surface area (Å²) in [6, 6.07) is 8.06. The molecule has 0 saturated heterocycles. The number of benzene rings is 1. The lowest BCUT2D eigenvalue weighted by atomic mass is 10.1. The highest BCUT2D eigenvalue weighted by Gasteiger charge is 2.10. The summed E-state index contributed by atoms with van der Waals surface area (Å²) < 4.78 is 27.5. The zero-order valence-electron chi connectivity index (χ0n) is 13.9. The van der Waals surface area contributed by atoms with Gasteiger partial charge in [0, 0.05) is 29.6 Å². The minimum absolute atomic E-state index is 0.0597. The van der Waals surface area contributed by atoms with Crippen molar-refractivity contribution in [3.8, 4) is 0 Å². The van der Waals surface area contributed by atoms with Crippen molar-refractivity contribution < 1.29 is 13.2 Å². The third-order valence-corrected chi connectivity index (χ3v) is 4.63. The molecule has 1 aromatic heterocycles. The topological polar surface area (TPSA) is 68.3 Å². The van der Waals surface area contributed by atoms with Gasteiger partial charge in [-0.2, -0.15) is 0 Å². The standard InChI is InChI=1S/C17H24N2O3S/c1-4-15-13(2)17(14-7-5-6-8-16(14)19-15)18-9-10-22-11-12-23(3,20)21/h5-8H,4,9-12H2,1-3H3,(H,18,19). The summed E-state index contributed by atoms with van der Waals surface area (Å²) in [5, 5.41) is 4.51. The summed E-state index contributed by atoms with van der Waals surface area (Å²) in [6.45, 7) is 5.50. The molecule has 0 bridgehead atoms. The quantitative estimate of drug-likeness (QED) is 0.751. The van der Waals surface area contributed by atoms with E-state index < -0.39 is 9.84 Å². The molecule has 0 aliphatic carbocycles. The predicted molar refractivity (Wildman–Crippen MR) is 94.9 cm³/mol. The summed E-state index contributed by atoms with van der Waals surface area (Å²) in [5.74, 6) is 0.0597. The molecule has 5 nitrogen and oxygen atoms in total. The number of hydrogen-bond donors (Lipinski definition) is 1. The van der Waals surface area contributed by atoms with Crippen LogP contribution < -0.4 is 5.32 Å². The highest BCUT2D eigenvalue weighted by Crippen LogP contribution is 2.28. The van der Waals surface area contributed by atoms with E-state index in [1.54, 1.807) is 0 Å². The number of nitrogens with one attached hydrogen (secondary N) is 1. The van der Waals surface area contributed by atoms with Crippen LogP contribution in [0.15, 0.2) is 24.3 Å². The van der Waals surface area contributed by atoms with Crippen LogP contribution in [0.5, 0.6) is 0 Å². The van der Waals surface area contributed by atoms with Gasteiger partial charge in [0.2, 0.25) is 0 Å². The van der Waals surface area contributed by atoms with Crippen LogP contribution in [0, 0.1) is 6.92 Å². The van der Waals surface area contributed by atoms with Crippen molar-refractivity contribution in [3.05, 3.63) is 35.5 Å². The maximum Gasteiger partial charge on any atom is 0.149 e. The average molecular weight is 336 g/mol. The second-order valence-electron chi connectivity index (χ2n) is 5.60. The Morgan fingerprint density at radius 2 is 1.96 bits per heavy atom. The van der Waals surface area contributed by atoms with Gasteiger partial charge in [-0.05, 0) is 25.0 Å². The van der Waals surface area contributed by atoms with Gasteiger partial charge in [0.1, 0.15) is 9.84 Å². The van der Waals surface area contributed by atoms with Crippen LogP contribution in [-0.4, -0.2) is 45.2 Å². The van der Waals surface area contributed by atoms with E-state index in [-0.39, 0.29) is 12.4 Å². The Bertz CT molecular complexity index is 773. The number of sulfone groups is 1. The summed E-state index contributed by atoms with van der Waals surface area (Å²) in [7, 11) is -2.96. The Kier molecular flexibility index (Phi) is 5.96. The average Bonchev–Trinajstić information content (AvgIpc) is 2.51. The fraction of sp³-hybridized carbons (Fsp3) is 0.471. The zero-order chi connectivity index (χ0) is 16.9. The van der Waals surface area contributed by atoms with Crippen LogP contribution >= 0.6 is 0 Å². The van der Waals surface area contributed by atoms with Gasteiger partial charge in [0.25, 0.3) is 0 Å². The van der Waals surface area contributed by atoms with Crippen molar-refractivity contribution in [2.24, 2.45) is 0 Å². The number of pyridine rings is 1. The number of aryl methyl sites for hydroxylation is 1. The Hall–Kier alpha value is -1.66. The fourth-order valence-corrected chi connectivity index (χ4v) is 2.91. The van der Waals surface area contributed by atoms with Gasteiger partial charge in [-0.25, -0.2) is 8.42 Å². The minimum atomic E-state index is -2.96. The van der Waals surface area contributed by atoms with E-state index >= 15 is 0 Å². The first-order valence-corrected chi connectivity index (χ1v) is 9.86. The first-order valence-electron chi connectivity index (χ1n) is 7.80. The van der Waals surface area contributed by atoms with Crippen molar-refractivity contribution in [1.29, 1.82) is 0 Å². The van der Waals surface area contributed by atoms with Crippen LogP contribution in [-0.2, 0) is 21.0 Å². The molecule has 6 heteroatoms. The van der Waals surface area contributed by atoms with Gasteiger partial charge in [-0.3, -0.25) is 4.98 Å². The van der Waals surface area contributed by atoms with E-state index in [9.17, 15) is 8.42 Å². The Balaban J connectivity index is 2.03. The SMILES string of the molecule is CCc1nc2ccccc2c(NCCOCCS(C)(=O)=O)c1C. The summed E-state index contributed by atoms with van der Waals surface area (Å²) in [5.41, 5.74) is 4.31. The molecule has 1 aromatic carbocycles. The first-order chi connectivity index (χ1) is 10.9. The van der Waals surface area contributed by atoms with Gasteiger partial charge < -0.3 is 10.1 Å². The largest absolute Gasteiger partial charge is 0.382 e. The van der Waals surface area contributed by atoms with Gasteiger partial charge in [-0.1, -0.05) is 25.1 Å². The molecule has 0 atom stereocenters. The molecule has 2 rings (SSSR count). The van der Waals surface area contributed by atoms with E-state index in [1.165, 1.54) is 6.26 Å². The summed E-state index contributed by atoms with van der Waals surface area (Å²) >= 11 is 0. The van der Waals surface area contributed by atoms with Crippen LogP contribution in [0.3, 0.4) is 0 Å². The second-order valence-corrected chi connectivity index (χ2v) is 7.86. The molecule has 0 amide bonds. The molecule has 2 aromatic rings.